The van der Waals surface area contributed by atoms with E-state index in [4.69, 9.17) is 4.74 Å². The van der Waals surface area contributed by atoms with E-state index in [2.05, 4.69) is 11.8 Å². The summed E-state index contributed by atoms with van der Waals surface area (Å²) in [5.74, 6) is 1.87. The number of nitrogens with zero attached hydrogens (tertiary/aromatic N) is 3. The Labute approximate surface area is 209 Å². The molecule has 2 saturated heterocycles. The molecule has 0 radical (unpaired) electrons. The van der Waals surface area contributed by atoms with E-state index in [9.17, 15) is 19.5 Å². The molecule has 1 N–H and O–H groups in total. The predicted octanol–water partition coefficient (Wildman–Crippen LogP) is 3.02. The smallest absolute Gasteiger partial charge is 0.410 e. The standard InChI is InChI=1S/C27H43N3O5/c1-16(2)35-27(34)29-13-17(3)30(26(33)20-8-9-20)23-11-10-21(12-24(23)29)18-4-6-19(7-5-18)25(32)28-14-22(31)15-28/h16-24,31H,4-15H2,1-3H3/t17-,18?,19?,21?,23?,24?/m0/s1. The molecule has 3 unspecified atom stereocenters. The highest BCUT2D eigenvalue weighted by Crippen LogP contribution is 2.45. The number of fused-ring (bicyclic) bond motifs is 1. The minimum atomic E-state index is -0.347. The van der Waals surface area contributed by atoms with Crippen LogP contribution < -0.4 is 0 Å². The van der Waals surface area contributed by atoms with Gasteiger partial charge in [0.1, 0.15) is 0 Å². The fourth-order valence-electron chi connectivity index (χ4n) is 7.22. The van der Waals surface area contributed by atoms with Crippen LogP contribution in [0.2, 0.25) is 0 Å². The first-order valence-corrected chi connectivity index (χ1v) is 14.0. The number of hydrogen-bond acceptors (Lipinski definition) is 5. The van der Waals surface area contributed by atoms with E-state index in [-0.39, 0.29) is 60.1 Å². The number of aliphatic hydroxyl groups is 1. The van der Waals surface area contributed by atoms with Crippen LogP contribution in [0.25, 0.3) is 0 Å². The zero-order valence-corrected chi connectivity index (χ0v) is 21.6. The maximum Gasteiger partial charge on any atom is 0.410 e. The normalized spacial score (nSPS) is 36.0. The van der Waals surface area contributed by atoms with Crippen molar-refractivity contribution in [1.29, 1.82) is 0 Å². The minimum absolute atomic E-state index is 0.0147. The molecule has 0 bridgehead atoms. The fourth-order valence-corrected chi connectivity index (χ4v) is 7.22. The van der Waals surface area contributed by atoms with E-state index < -0.39 is 0 Å². The van der Waals surface area contributed by atoms with Gasteiger partial charge in [0, 0.05) is 37.5 Å². The average molecular weight is 490 g/mol. The molecule has 8 heteroatoms. The second-order valence-corrected chi connectivity index (χ2v) is 12.2. The molecule has 5 aliphatic rings. The van der Waals surface area contributed by atoms with Crippen molar-refractivity contribution < 1.29 is 24.2 Å². The highest BCUT2D eigenvalue weighted by atomic mass is 16.6. The Morgan fingerprint density at radius 3 is 2.00 bits per heavy atom. The van der Waals surface area contributed by atoms with E-state index in [1.165, 1.54) is 0 Å². The zero-order chi connectivity index (χ0) is 24.9. The number of rotatable bonds is 4. The van der Waals surface area contributed by atoms with E-state index in [0.29, 0.717) is 31.5 Å². The number of carbonyl (C=O) groups is 3. The van der Waals surface area contributed by atoms with Gasteiger partial charge in [0.2, 0.25) is 11.8 Å². The summed E-state index contributed by atoms with van der Waals surface area (Å²) in [5.41, 5.74) is 0. The Morgan fingerprint density at radius 1 is 0.800 bits per heavy atom. The molecule has 0 aromatic heterocycles. The number of aliphatic hydroxyl groups excluding tert-OH is 1. The van der Waals surface area contributed by atoms with Crippen molar-refractivity contribution >= 4 is 17.9 Å². The predicted molar refractivity (Wildman–Crippen MR) is 130 cm³/mol. The molecule has 0 aromatic carbocycles. The first kappa shape index (κ1) is 24.8. The van der Waals surface area contributed by atoms with E-state index >= 15 is 0 Å². The fraction of sp³-hybridized carbons (Fsp3) is 0.889. The minimum Gasteiger partial charge on any atom is -0.447 e. The first-order valence-electron chi connectivity index (χ1n) is 14.0. The van der Waals surface area contributed by atoms with Crippen LogP contribution in [-0.2, 0) is 14.3 Å². The molecule has 5 rings (SSSR count). The van der Waals surface area contributed by atoms with E-state index in [1.54, 1.807) is 4.90 Å². The Morgan fingerprint density at radius 2 is 1.40 bits per heavy atom. The van der Waals surface area contributed by atoms with Crippen LogP contribution in [0, 0.1) is 23.7 Å². The molecule has 0 spiro atoms. The van der Waals surface area contributed by atoms with Crippen LogP contribution in [0.1, 0.15) is 78.6 Å². The third-order valence-corrected chi connectivity index (χ3v) is 9.23. The number of hydrogen-bond donors (Lipinski definition) is 1. The zero-order valence-electron chi connectivity index (χ0n) is 21.6. The summed E-state index contributed by atoms with van der Waals surface area (Å²) in [7, 11) is 0. The van der Waals surface area contributed by atoms with Crippen molar-refractivity contribution in [2.24, 2.45) is 23.7 Å². The van der Waals surface area contributed by atoms with Gasteiger partial charge in [-0.1, -0.05) is 0 Å². The van der Waals surface area contributed by atoms with Crippen LogP contribution >= 0.6 is 0 Å². The van der Waals surface area contributed by atoms with Crippen molar-refractivity contribution in [2.75, 3.05) is 19.6 Å². The van der Waals surface area contributed by atoms with Crippen LogP contribution in [-0.4, -0.2) is 87.7 Å². The molecule has 4 atom stereocenters. The maximum absolute atomic E-state index is 13.2. The summed E-state index contributed by atoms with van der Waals surface area (Å²) < 4.78 is 5.63. The molecule has 8 nitrogen and oxygen atoms in total. The molecule has 3 aliphatic carbocycles. The Bertz CT molecular complexity index is 816. The summed E-state index contributed by atoms with van der Waals surface area (Å²) in [5, 5.41) is 9.53. The Hall–Kier alpha value is -1.83. The van der Waals surface area contributed by atoms with Gasteiger partial charge in [0.05, 0.1) is 24.3 Å². The lowest BCUT2D eigenvalue weighted by atomic mass is 9.67. The molecule has 2 heterocycles. The van der Waals surface area contributed by atoms with Crippen molar-refractivity contribution in [3.63, 3.8) is 0 Å². The monoisotopic (exact) mass is 489 g/mol. The second-order valence-electron chi connectivity index (χ2n) is 12.2. The number of piperazine rings is 1. The average Bonchev–Trinajstić information content (AvgIpc) is 3.66. The lowest BCUT2D eigenvalue weighted by molar-refractivity contribution is -0.147. The van der Waals surface area contributed by atoms with Gasteiger partial charge in [-0.05, 0) is 90.4 Å². The summed E-state index contributed by atoms with van der Waals surface area (Å²) in [6, 6.07) is 0.112. The van der Waals surface area contributed by atoms with Gasteiger partial charge in [-0.2, -0.15) is 0 Å². The van der Waals surface area contributed by atoms with Gasteiger partial charge in [0.15, 0.2) is 0 Å². The SMILES string of the molecule is CC(C)OC(=O)N1C[C@H](C)N(C(=O)C2CC2)C2CCC(C3CCC(C(=O)N4CC(O)C4)CC3)CC21. The van der Waals surface area contributed by atoms with E-state index in [0.717, 1.165) is 57.8 Å². The summed E-state index contributed by atoms with van der Waals surface area (Å²) in [6.45, 7) is 7.36. The number of likely N-dealkylation sites (tertiary alicyclic amines) is 1. The molecule has 3 saturated carbocycles. The third-order valence-electron chi connectivity index (χ3n) is 9.23. The second kappa shape index (κ2) is 9.91. The van der Waals surface area contributed by atoms with Crippen LogP contribution in [0.4, 0.5) is 4.79 Å². The van der Waals surface area contributed by atoms with Gasteiger partial charge < -0.3 is 24.5 Å². The van der Waals surface area contributed by atoms with Crippen molar-refractivity contribution in [3.8, 4) is 0 Å². The van der Waals surface area contributed by atoms with Gasteiger partial charge in [-0.25, -0.2) is 4.79 Å². The molecular formula is C27H43N3O5. The van der Waals surface area contributed by atoms with Crippen molar-refractivity contribution in [3.05, 3.63) is 0 Å². The van der Waals surface area contributed by atoms with Crippen LogP contribution in [0.15, 0.2) is 0 Å². The van der Waals surface area contributed by atoms with Crippen molar-refractivity contribution in [2.45, 2.75) is 109 Å². The van der Waals surface area contributed by atoms with Gasteiger partial charge in [0.25, 0.3) is 0 Å². The highest BCUT2D eigenvalue weighted by Gasteiger charge is 2.51. The topological polar surface area (TPSA) is 90.4 Å². The summed E-state index contributed by atoms with van der Waals surface area (Å²) >= 11 is 0. The van der Waals surface area contributed by atoms with Gasteiger partial charge >= 0.3 is 6.09 Å². The van der Waals surface area contributed by atoms with E-state index in [1.807, 2.05) is 18.7 Å². The molecule has 2 aliphatic heterocycles. The largest absolute Gasteiger partial charge is 0.447 e. The highest BCUT2D eigenvalue weighted by molar-refractivity contribution is 5.82. The lowest BCUT2D eigenvalue weighted by Gasteiger charge is -2.54. The Kier molecular flexibility index (Phi) is 7.03. The molecule has 3 amide bonds. The number of ether oxygens (including phenoxy) is 1. The summed E-state index contributed by atoms with van der Waals surface area (Å²) in [6.07, 6.45) is 8.12. The third kappa shape index (κ3) is 5.05. The maximum atomic E-state index is 13.2. The van der Waals surface area contributed by atoms with Gasteiger partial charge in [-0.15, -0.1) is 0 Å². The molecule has 0 aromatic rings. The first-order chi connectivity index (χ1) is 16.7. The number of amides is 3. The molecule has 5 fully saturated rings. The van der Waals surface area contributed by atoms with Gasteiger partial charge in [-0.3, -0.25) is 9.59 Å². The summed E-state index contributed by atoms with van der Waals surface area (Å²) in [4.78, 5) is 44.9. The number of β-amino-alcohol motifs (C(OH)–C–C–N with tert-alkyl or cyclic N) is 1. The molecule has 35 heavy (non-hydrogen) atoms. The Balaban J connectivity index is 1.25. The molecular weight excluding hydrogens is 446 g/mol. The quantitative estimate of drug-likeness (QED) is 0.656. The number of carbonyl (C=O) groups excluding carboxylic acids is 3. The van der Waals surface area contributed by atoms with Crippen molar-refractivity contribution in [1.82, 2.24) is 14.7 Å². The van der Waals surface area contributed by atoms with Crippen LogP contribution in [0.3, 0.4) is 0 Å². The lowest BCUT2D eigenvalue weighted by Crippen LogP contribution is -2.67. The van der Waals surface area contributed by atoms with Crippen LogP contribution in [0.5, 0.6) is 0 Å². The molecule has 196 valence electrons.